The molecule has 2 unspecified atom stereocenters. The SMILES string of the molecule is CCOC(=O)CN(CC1CCCN(C(=O)O)C1)C(=O)CC(NS(=O)(=O)c1ccc2ccccc2c1)C(=O)N1CCCCCC1. The average Bonchev–Trinajstić information content (AvgIpc) is 3.30. The van der Waals surface area contributed by atoms with E-state index in [1.165, 1.54) is 21.9 Å². The molecule has 2 N–H and O–H groups in total. The van der Waals surface area contributed by atoms with Crippen LogP contribution < -0.4 is 4.72 Å². The lowest BCUT2D eigenvalue weighted by molar-refractivity contribution is -0.150. The Morgan fingerprint density at radius 3 is 2.34 bits per heavy atom. The number of amides is 3. The van der Waals surface area contributed by atoms with E-state index in [0.717, 1.165) is 31.1 Å². The van der Waals surface area contributed by atoms with Gasteiger partial charge in [0.25, 0.3) is 0 Å². The number of nitrogens with one attached hydrogen (secondary N) is 1. The van der Waals surface area contributed by atoms with Crippen LogP contribution >= 0.6 is 0 Å². The first kappa shape index (κ1) is 33.2. The minimum Gasteiger partial charge on any atom is -0.465 e. The second-order valence-corrected chi connectivity index (χ2v) is 13.2. The van der Waals surface area contributed by atoms with Crippen LogP contribution in [-0.2, 0) is 29.1 Å². The van der Waals surface area contributed by atoms with E-state index in [0.29, 0.717) is 37.9 Å². The maximum Gasteiger partial charge on any atom is 0.407 e. The minimum atomic E-state index is -4.22. The third-order valence-corrected chi connectivity index (χ3v) is 9.64. The largest absolute Gasteiger partial charge is 0.465 e. The summed E-state index contributed by atoms with van der Waals surface area (Å²) in [6.45, 7) is 2.95. The Kier molecular flexibility index (Phi) is 11.6. The van der Waals surface area contributed by atoms with E-state index < -0.39 is 52.9 Å². The average molecular weight is 631 g/mol. The molecular weight excluding hydrogens is 588 g/mol. The van der Waals surface area contributed by atoms with E-state index in [2.05, 4.69) is 4.72 Å². The van der Waals surface area contributed by atoms with Gasteiger partial charge in [-0.25, -0.2) is 13.2 Å². The molecule has 0 radical (unpaired) electrons. The lowest BCUT2D eigenvalue weighted by atomic mass is 9.97. The van der Waals surface area contributed by atoms with E-state index in [1.807, 2.05) is 12.1 Å². The summed E-state index contributed by atoms with van der Waals surface area (Å²) in [5, 5.41) is 11.0. The van der Waals surface area contributed by atoms with Gasteiger partial charge in [-0.1, -0.05) is 43.2 Å². The number of piperidine rings is 1. The molecule has 2 saturated heterocycles. The van der Waals surface area contributed by atoms with Crippen LogP contribution in [0.15, 0.2) is 47.4 Å². The van der Waals surface area contributed by atoms with Gasteiger partial charge in [-0.05, 0) is 61.4 Å². The Morgan fingerprint density at radius 1 is 0.977 bits per heavy atom. The fraction of sp³-hybridized carbons (Fsp3) is 0.548. The number of benzene rings is 2. The molecule has 12 nitrogen and oxygen atoms in total. The number of carboxylic acid groups (broad SMARTS) is 1. The van der Waals surface area contributed by atoms with Crippen molar-refractivity contribution in [2.24, 2.45) is 5.92 Å². The van der Waals surface area contributed by atoms with Crippen LogP contribution in [0.4, 0.5) is 4.79 Å². The molecule has 4 rings (SSSR count). The Hall–Kier alpha value is -3.71. The lowest BCUT2D eigenvalue weighted by Crippen LogP contribution is -2.52. The smallest absolute Gasteiger partial charge is 0.407 e. The van der Waals surface area contributed by atoms with Gasteiger partial charge in [0.1, 0.15) is 12.6 Å². The summed E-state index contributed by atoms with van der Waals surface area (Å²) in [6.07, 6.45) is 3.18. The summed E-state index contributed by atoms with van der Waals surface area (Å²) in [5.74, 6) is -1.96. The van der Waals surface area contributed by atoms with Crippen LogP contribution in [0.3, 0.4) is 0 Å². The van der Waals surface area contributed by atoms with Crippen LogP contribution in [0.5, 0.6) is 0 Å². The number of ether oxygens (including phenoxy) is 1. The number of fused-ring (bicyclic) bond motifs is 1. The van der Waals surface area contributed by atoms with Crippen molar-refractivity contribution in [2.45, 2.75) is 62.8 Å². The third-order valence-electron chi connectivity index (χ3n) is 8.17. The Balaban J connectivity index is 1.59. The van der Waals surface area contributed by atoms with Crippen LogP contribution in [0.25, 0.3) is 10.8 Å². The van der Waals surface area contributed by atoms with Gasteiger partial charge in [0.2, 0.25) is 21.8 Å². The van der Waals surface area contributed by atoms with Gasteiger partial charge >= 0.3 is 12.1 Å². The van der Waals surface area contributed by atoms with Gasteiger partial charge in [0, 0.05) is 32.7 Å². The molecule has 2 aliphatic rings. The molecule has 240 valence electrons. The second kappa shape index (κ2) is 15.3. The molecule has 0 aromatic heterocycles. The zero-order valence-electron chi connectivity index (χ0n) is 25.2. The second-order valence-electron chi connectivity index (χ2n) is 11.4. The fourth-order valence-corrected chi connectivity index (χ4v) is 7.13. The zero-order valence-corrected chi connectivity index (χ0v) is 26.0. The molecule has 2 aliphatic heterocycles. The van der Waals surface area contributed by atoms with Crippen molar-refractivity contribution in [3.05, 3.63) is 42.5 Å². The summed E-state index contributed by atoms with van der Waals surface area (Å²) in [4.78, 5) is 55.8. The lowest BCUT2D eigenvalue weighted by Gasteiger charge is -2.34. The van der Waals surface area contributed by atoms with E-state index in [4.69, 9.17) is 4.74 Å². The van der Waals surface area contributed by atoms with Gasteiger partial charge in [0.15, 0.2) is 0 Å². The van der Waals surface area contributed by atoms with Crippen LogP contribution in [0.2, 0.25) is 0 Å². The van der Waals surface area contributed by atoms with Crippen LogP contribution in [0, 0.1) is 5.92 Å². The van der Waals surface area contributed by atoms with Crippen molar-refractivity contribution >= 4 is 44.7 Å². The van der Waals surface area contributed by atoms with Crippen molar-refractivity contribution in [3.63, 3.8) is 0 Å². The van der Waals surface area contributed by atoms with Crippen molar-refractivity contribution in [1.29, 1.82) is 0 Å². The number of hydrogen-bond acceptors (Lipinski definition) is 7. The maximum absolute atomic E-state index is 13.8. The van der Waals surface area contributed by atoms with Gasteiger partial charge in [-0.2, -0.15) is 4.72 Å². The number of rotatable bonds is 11. The fourth-order valence-electron chi connectivity index (χ4n) is 5.90. The summed E-state index contributed by atoms with van der Waals surface area (Å²) in [6, 6.07) is 10.6. The van der Waals surface area contributed by atoms with E-state index in [1.54, 1.807) is 30.0 Å². The van der Waals surface area contributed by atoms with Crippen molar-refractivity contribution in [1.82, 2.24) is 19.4 Å². The highest BCUT2D eigenvalue weighted by Crippen LogP contribution is 2.22. The highest BCUT2D eigenvalue weighted by atomic mass is 32.2. The Labute approximate surface area is 258 Å². The molecule has 0 aliphatic carbocycles. The Bertz CT molecular complexity index is 1440. The summed E-state index contributed by atoms with van der Waals surface area (Å²) < 4.78 is 34.9. The monoisotopic (exact) mass is 630 g/mol. The maximum atomic E-state index is 13.8. The van der Waals surface area contributed by atoms with Crippen molar-refractivity contribution < 1.29 is 37.4 Å². The molecule has 2 atom stereocenters. The zero-order chi connectivity index (χ0) is 31.7. The van der Waals surface area contributed by atoms with E-state index in [9.17, 15) is 32.7 Å². The minimum absolute atomic E-state index is 0.0309. The normalized spacial score (nSPS) is 18.3. The predicted molar refractivity (Wildman–Crippen MR) is 163 cm³/mol. The summed E-state index contributed by atoms with van der Waals surface area (Å²) >= 11 is 0. The standard InChI is InChI=1S/C31H42N4O8S/c1-2-43-29(37)22-35(21-23-10-9-17-34(20-23)31(39)40)28(36)19-27(30(38)33-15-7-3-4-8-16-33)32-44(41,42)26-14-13-24-11-5-6-12-25(24)18-26/h5-6,11-14,18,23,27,32H,2-4,7-10,15-17,19-22H2,1H3,(H,39,40). The molecule has 44 heavy (non-hydrogen) atoms. The van der Waals surface area contributed by atoms with Crippen LogP contribution in [0.1, 0.15) is 51.9 Å². The van der Waals surface area contributed by atoms with Gasteiger partial charge < -0.3 is 24.5 Å². The number of nitrogens with zero attached hydrogens (tertiary/aromatic N) is 3. The first-order valence-electron chi connectivity index (χ1n) is 15.3. The highest BCUT2D eigenvalue weighted by molar-refractivity contribution is 7.89. The first-order valence-corrected chi connectivity index (χ1v) is 16.8. The summed E-state index contributed by atoms with van der Waals surface area (Å²) in [7, 11) is -4.22. The summed E-state index contributed by atoms with van der Waals surface area (Å²) in [5.41, 5.74) is 0. The predicted octanol–water partition coefficient (Wildman–Crippen LogP) is 3.06. The first-order chi connectivity index (χ1) is 21.1. The number of likely N-dealkylation sites (tertiary alicyclic amines) is 2. The van der Waals surface area contributed by atoms with Crippen LogP contribution in [-0.4, -0.2) is 104 Å². The topological polar surface area (TPSA) is 154 Å². The van der Waals surface area contributed by atoms with E-state index in [-0.39, 0.29) is 30.5 Å². The van der Waals surface area contributed by atoms with Crippen molar-refractivity contribution in [2.75, 3.05) is 45.9 Å². The molecular formula is C31H42N4O8S. The molecule has 2 heterocycles. The molecule has 2 fully saturated rings. The number of esters is 1. The Morgan fingerprint density at radius 2 is 1.66 bits per heavy atom. The van der Waals surface area contributed by atoms with Gasteiger partial charge in [-0.15, -0.1) is 0 Å². The number of hydrogen-bond donors (Lipinski definition) is 2. The number of carbonyl (C=O) groups is 4. The number of carbonyl (C=O) groups excluding carboxylic acids is 3. The van der Waals surface area contributed by atoms with Crippen molar-refractivity contribution in [3.8, 4) is 0 Å². The molecule has 2 aromatic rings. The quantitative estimate of drug-likeness (QED) is 0.359. The van der Waals surface area contributed by atoms with Gasteiger partial charge in [0.05, 0.1) is 17.9 Å². The molecule has 13 heteroatoms. The highest BCUT2D eigenvalue weighted by Gasteiger charge is 2.35. The molecule has 0 saturated carbocycles. The molecule has 0 spiro atoms. The van der Waals surface area contributed by atoms with Gasteiger partial charge in [-0.3, -0.25) is 14.4 Å². The number of sulfonamides is 1. The molecule has 3 amide bonds. The molecule has 2 aromatic carbocycles. The third kappa shape index (κ3) is 8.91. The van der Waals surface area contributed by atoms with E-state index >= 15 is 0 Å². The molecule has 0 bridgehead atoms.